The minimum Gasteiger partial charge on any atom is -0.478 e. The summed E-state index contributed by atoms with van der Waals surface area (Å²) in [6.07, 6.45) is 9.61. The Labute approximate surface area is 447 Å². The monoisotopic (exact) mass is 1040 g/mol. The van der Waals surface area contributed by atoms with Crippen LogP contribution in [0.4, 0.5) is 40.1 Å². The Kier molecular flexibility index (Phi) is 13.2. The zero-order chi connectivity index (χ0) is 54.1. The lowest BCUT2D eigenvalue weighted by molar-refractivity contribution is -0.111. The Balaban J connectivity index is 0.763. The molecule has 1 aliphatic carbocycles. The van der Waals surface area contributed by atoms with Gasteiger partial charge >= 0.3 is 0 Å². The number of nitrogens with one attached hydrogen (secondary N) is 2. The molecule has 0 bridgehead atoms. The molecule has 5 aliphatic rings. The number of fused-ring (bicyclic) bond motifs is 4. The van der Waals surface area contributed by atoms with E-state index in [1.807, 2.05) is 36.4 Å². The number of benzene rings is 2. The van der Waals surface area contributed by atoms with Gasteiger partial charge in [-0.3, -0.25) is 34.0 Å². The van der Waals surface area contributed by atoms with Crippen LogP contribution in [-0.2, 0) is 36.4 Å². The first kappa shape index (κ1) is 51.1. The lowest BCUT2D eigenvalue weighted by Gasteiger charge is -2.47. The van der Waals surface area contributed by atoms with Crippen molar-refractivity contribution in [2.45, 2.75) is 91.1 Å². The molecule has 8 heterocycles. The van der Waals surface area contributed by atoms with Crippen LogP contribution in [0.2, 0.25) is 0 Å². The van der Waals surface area contributed by atoms with E-state index in [1.165, 1.54) is 30.6 Å². The van der Waals surface area contributed by atoms with Gasteiger partial charge < -0.3 is 40.0 Å². The van der Waals surface area contributed by atoms with Crippen molar-refractivity contribution in [3.63, 3.8) is 0 Å². The van der Waals surface area contributed by atoms with E-state index in [1.54, 1.807) is 55.4 Å². The fraction of sp³-hybridized carbons (Fsp3) is 0.379. The van der Waals surface area contributed by atoms with Crippen molar-refractivity contribution in [1.82, 2.24) is 29.4 Å². The minimum atomic E-state index is -1.24. The molecule has 0 spiro atoms. The van der Waals surface area contributed by atoms with E-state index in [0.29, 0.717) is 87.2 Å². The zero-order valence-corrected chi connectivity index (χ0v) is 44.3. The molecule has 6 aromatic rings. The zero-order valence-electron chi connectivity index (χ0n) is 44.3. The van der Waals surface area contributed by atoms with Crippen molar-refractivity contribution in [3.05, 3.63) is 131 Å². The number of aliphatic hydroxyl groups is 2. The van der Waals surface area contributed by atoms with Gasteiger partial charge in [0.15, 0.2) is 5.82 Å². The maximum Gasteiger partial charge on any atom is 0.276 e. The van der Waals surface area contributed by atoms with Crippen molar-refractivity contribution >= 4 is 63.7 Å². The number of methoxy groups -OCH3 is 1. The van der Waals surface area contributed by atoms with Gasteiger partial charge in [0.05, 0.1) is 59.5 Å². The number of anilines is 7. The van der Waals surface area contributed by atoms with Crippen LogP contribution >= 0.6 is 0 Å². The topological polar surface area (TPSA) is 215 Å². The third-order valence-electron chi connectivity index (χ3n) is 15.8. The maximum atomic E-state index is 14.1. The predicted molar refractivity (Wildman–Crippen MR) is 294 cm³/mol. The van der Waals surface area contributed by atoms with Crippen LogP contribution < -0.4 is 35.0 Å². The molecule has 1 atom stereocenters. The van der Waals surface area contributed by atoms with Gasteiger partial charge in [-0.2, -0.15) is 0 Å². The molecule has 2 saturated heterocycles. The summed E-state index contributed by atoms with van der Waals surface area (Å²) in [4.78, 5) is 82.7. The van der Waals surface area contributed by atoms with Crippen LogP contribution in [0.1, 0.15) is 101 Å². The molecular formula is C58H64N12O7. The van der Waals surface area contributed by atoms with E-state index in [2.05, 4.69) is 72.2 Å². The first-order valence-electron chi connectivity index (χ1n) is 26.3. The van der Waals surface area contributed by atoms with E-state index >= 15 is 0 Å². The van der Waals surface area contributed by atoms with E-state index in [-0.39, 0.29) is 29.2 Å². The average molecular weight is 1040 g/mol. The van der Waals surface area contributed by atoms with Crippen LogP contribution in [0, 0.1) is 5.41 Å². The number of carbonyl (C=O) groups is 4. The maximum absolute atomic E-state index is 14.1. The predicted octanol–water partition coefficient (Wildman–Crippen LogP) is 7.10. The quantitative estimate of drug-likeness (QED) is 0.0671. The highest BCUT2D eigenvalue weighted by molar-refractivity contribution is 6.34. The number of pyridine rings is 2. The lowest BCUT2D eigenvalue weighted by atomic mass is 9.90. The number of aliphatic hydroxyl groups excluding tert-OH is 1. The van der Waals surface area contributed by atoms with E-state index in [4.69, 9.17) is 9.72 Å². The Hall–Kier alpha value is -8.00. The smallest absolute Gasteiger partial charge is 0.276 e. The molecule has 2 aromatic carbocycles. The lowest BCUT2D eigenvalue weighted by Crippen LogP contribution is -2.57. The van der Waals surface area contributed by atoms with Crippen LogP contribution in [0.5, 0.6) is 5.88 Å². The van der Waals surface area contributed by atoms with Crippen molar-refractivity contribution in [2.75, 3.05) is 76.6 Å². The summed E-state index contributed by atoms with van der Waals surface area (Å²) in [5.41, 5.74) is 7.85. The standard InChI is InChI=1S/C58H64N12O7/c1-8-50(72)63-44-26-36(62-51-53(77-7)61-31-45(64-51)40-14-18-60-52(43(40)33-71)69-24-23-68-47(56(69)75)25-35-29-57(3,4)30-48(35)68)9-12-46(44)67-22-21-66(32-34(67)2)37-15-19-65(20-16-37)38-10-11-41-42(27-38)55(74)70(54(41)73)39-13-17-59-49(28-39)58(5,6)76/h8-14,17-18,25-28,31,34,37,71,76H,1,15-16,19-24,29-30,32-33H2,2-7H3,(H,62,64)(H,63,72). The molecule has 77 heavy (non-hydrogen) atoms. The Bertz CT molecular complexity index is 3380. The highest BCUT2D eigenvalue weighted by atomic mass is 16.5. The molecule has 4 amide bonds. The number of ether oxygens (including phenoxy) is 1. The fourth-order valence-electron chi connectivity index (χ4n) is 12.0. The molecule has 4 N–H and O–H groups in total. The molecule has 2 fully saturated rings. The van der Waals surface area contributed by atoms with Crippen LogP contribution in [-0.4, -0.2) is 122 Å². The molecule has 19 nitrogen and oxygen atoms in total. The number of amides is 4. The first-order chi connectivity index (χ1) is 36.9. The van der Waals surface area contributed by atoms with Gasteiger partial charge in [0.2, 0.25) is 5.91 Å². The number of rotatable bonds is 13. The third-order valence-corrected chi connectivity index (χ3v) is 15.8. The van der Waals surface area contributed by atoms with Crippen LogP contribution in [0.3, 0.4) is 0 Å². The normalized spacial score (nSPS) is 18.6. The van der Waals surface area contributed by atoms with Gasteiger partial charge in [-0.05, 0) is 124 Å². The SMILES string of the molecule is C=CC(=O)Nc1cc(Nc2nc(-c3ccnc(N4CCn5c(cc6c5CC(C)(C)C6)C4=O)c3CO)cnc2OC)ccc1N1CCN(C2CCN(c3ccc4c(c3)C(=O)N(c3ccnc(C(C)(C)O)c3)C4=O)CC2)CC1C. The molecule has 19 heteroatoms. The second-order valence-corrected chi connectivity index (χ2v) is 22.0. The van der Waals surface area contributed by atoms with Gasteiger partial charge in [0.25, 0.3) is 23.6 Å². The fourth-order valence-corrected chi connectivity index (χ4v) is 12.0. The Morgan fingerprint density at radius 2 is 1.65 bits per heavy atom. The van der Waals surface area contributed by atoms with Gasteiger partial charge in [-0.15, -0.1) is 0 Å². The summed E-state index contributed by atoms with van der Waals surface area (Å²) in [6.45, 7) is 18.2. The second kappa shape index (κ2) is 19.9. The highest BCUT2D eigenvalue weighted by Crippen LogP contribution is 2.42. The van der Waals surface area contributed by atoms with Gasteiger partial charge in [0.1, 0.15) is 17.1 Å². The molecule has 0 saturated carbocycles. The summed E-state index contributed by atoms with van der Waals surface area (Å²) >= 11 is 0. The average Bonchev–Trinajstić information content (AvgIpc) is 4.22. The highest BCUT2D eigenvalue weighted by Gasteiger charge is 2.40. The Morgan fingerprint density at radius 3 is 2.39 bits per heavy atom. The van der Waals surface area contributed by atoms with Gasteiger partial charge in [-0.25, -0.2) is 19.9 Å². The summed E-state index contributed by atoms with van der Waals surface area (Å²) in [5, 5.41) is 27.8. The second-order valence-electron chi connectivity index (χ2n) is 22.0. The van der Waals surface area contributed by atoms with Crippen molar-refractivity contribution in [3.8, 4) is 17.1 Å². The first-order valence-corrected chi connectivity index (χ1v) is 26.3. The molecular weight excluding hydrogens is 977 g/mol. The Morgan fingerprint density at radius 1 is 0.870 bits per heavy atom. The van der Waals surface area contributed by atoms with Crippen molar-refractivity contribution in [1.29, 1.82) is 0 Å². The van der Waals surface area contributed by atoms with Gasteiger partial charge in [0, 0.05) is 98.5 Å². The summed E-state index contributed by atoms with van der Waals surface area (Å²) < 4.78 is 7.82. The van der Waals surface area contributed by atoms with E-state index in [0.717, 1.165) is 74.7 Å². The summed E-state index contributed by atoms with van der Waals surface area (Å²) in [7, 11) is 1.51. The number of carbonyl (C=O) groups excluding carboxylic acids is 4. The summed E-state index contributed by atoms with van der Waals surface area (Å²) in [5.74, 6) is -0.412. The third kappa shape index (κ3) is 9.45. The van der Waals surface area contributed by atoms with Crippen LogP contribution in [0.25, 0.3) is 11.3 Å². The van der Waals surface area contributed by atoms with Crippen molar-refractivity contribution < 1.29 is 34.1 Å². The number of hydrogen-bond acceptors (Lipinski definition) is 15. The molecule has 1 unspecified atom stereocenters. The molecule has 4 aliphatic heterocycles. The van der Waals surface area contributed by atoms with E-state index < -0.39 is 24.0 Å². The van der Waals surface area contributed by atoms with Crippen molar-refractivity contribution in [2.24, 2.45) is 5.41 Å². The van der Waals surface area contributed by atoms with E-state index in [9.17, 15) is 29.4 Å². The number of piperidine rings is 1. The molecule has 11 rings (SSSR count). The number of nitrogens with zero attached hydrogens (tertiary/aromatic N) is 10. The number of piperazine rings is 1. The number of hydrogen-bond donors (Lipinski definition) is 4. The van der Waals surface area contributed by atoms with Crippen LogP contribution in [0.15, 0.2) is 91.9 Å². The summed E-state index contributed by atoms with van der Waals surface area (Å²) in [6, 6.07) is 18.6. The number of imide groups is 1. The molecule has 0 radical (unpaired) electrons. The molecule has 4 aromatic heterocycles. The van der Waals surface area contributed by atoms with Gasteiger partial charge in [-0.1, -0.05) is 20.4 Å². The number of aromatic nitrogens is 5. The largest absolute Gasteiger partial charge is 0.478 e. The molecule has 398 valence electrons. The minimum absolute atomic E-state index is 0.0932.